The van der Waals surface area contributed by atoms with Crippen molar-refractivity contribution in [2.45, 2.75) is 13.5 Å². The normalized spacial score (nSPS) is 10.8. The van der Waals surface area contributed by atoms with Gasteiger partial charge >= 0.3 is 0 Å². The predicted molar refractivity (Wildman–Crippen MR) is 75.1 cm³/mol. The molecule has 0 radical (unpaired) electrons. The van der Waals surface area contributed by atoms with Crippen molar-refractivity contribution in [1.82, 2.24) is 0 Å². The number of halogens is 2. The zero-order valence-corrected chi connectivity index (χ0v) is 11.9. The largest absolute Gasteiger partial charge is 0.326 e. The van der Waals surface area contributed by atoms with Crippen LogP contribution in [0, 0.1) is 6.92 Å². The van der Waals surface area contributed by atoms with Crippen LogP contribution < -0.4 is 5.73 Å². The maximum Gasteiger partial charge on any atom is 0.0982 e. The lowest BCUT2D eigenvalue weighted by Gasteiger charge is -2.01. The first kappa shape index (κ1) is 12.1. The molecule has 0 atom stereocenters. The highest BCUT2D eigenvalue weighted by Crippen LogP contribution is 2.39. The van der Waals surface area contributed by atoms with Crippen LogP contribution in [0.5, 0.6) is 0 Å². The van der Waals surface area contributed by atoms with E-state index in [1.807, 2.05) is 12.1 Å². The molecular weight excluding hydrogens is 306 g/mol. The van der Waals surface area contributed by atoms with Crippen molar-refractivity contribution >= 4 is 38.9 Å². The van der Waals surface area contributed by atoms with Gasteiger partial charge in [0.1, 0.15) is 0 Å². The van der Waals surface area contributed by atoms with E-state index in [9.17, 15) is 0 Å². The molecule has 1 heterocycles. The Hall–Kier alpha value is -0.350. The van der Waals surface area contributed by atoms with E-state index in [4.69, 9.17) is 17.3 Å². The Bertz CT molecular complexity index is 504. The van der Waals surface area contributed by atoms with Gasteiger partial charge in [0.2, 0.25) is 0 Å². The molecule has 0 amide bonds. The Morgan fingerprint density at radius 3 is 2.44 bits per heavy atom. The quantitative estimate of drug-likeness (QED) is 0.861. The van der Waals surface area contributed by atoms with Crippen molar-refractivity contribution in [3.05, 3.63) is 44.2 Å². The first-order valence-electron chi connectivity index (χ1n) is 4.87. The summed E-state index contributed by atoms with van der Waals surface area (Å²) in [6, 6.07) is 8.23. The Labute approximate surface area is 112 Å². The van der Waals surface area contributed by atoms with Crippen LogP contribution in [0.4, 0.5) is 0 Å². The van der Waals surface area contributed by atoms with Gasteiger partial charge in [-0.05, 0) is 35.7 Å². The lowest BCUT2D eigenvalue weighted by molar-refractivity contribution is 1.06. The third kappa shape index (κ3) is 2.18. The minimum absolute atomic E-state index is 0.498. The molecule has 16 heavy (non-hydrogen) atoms. The molecule has 0 spiro atoms. The summed E-state index contributed by atoms with van der Waals surface area (Å²) in [5.74, 6) is 0. The number of nitrogens with two attached hydrogens (primary N) is 1. The predicted octanol–water partition coefficient (Wildman–Crippen LogP) is 4.60. The topological polar surface area (TPSA) is 26.0 Å². The van der Waals surface area contributed by atoms with Crippen molar-refractivity contribution in [3.63, 3.8) is 0 Å². The van der Waals surface area contributed by atoms with Crippen LogP contribution in [0.1, 0.15) is 11.1 Å². The van der Waals surface area contributed by atoms with Crippen LogP contribution in [0.15, 0.2) is 28.7 Å². The number of thiophene rings is 1. The summed E-state index contributed by atoms with van der Waals surface area (Å²) in [7, 11) is 0. The second-order valence-corrected chi connectivity index (χ2v) is 6.06. The van der Waals surface area contributed by atoms with Gasteiger partial charge in [0.25, 0.3) is 0 Å². The summed E-state index contributed by atoms with van der Waals surface area (Å²) in [4.78, 5) is 1.21. The van der Waals surface area contributed by atoms with Gasteiger partial charge < -0.3 is 5.73 Å². The third-order valence-corrected chi connectivity index (χ3v) is 4.69. The Morgan fingerprint density at radius 1 is 1.31 bits per heavy atom. The molecule has 0 saturated heterocycles. The molecule has 0 fully saturated rings. The van der Waals surface area contributed by atoms with Crippen LogP contribution >= 0.6 is 38.9 Å². The average molecular weight is 317 g/mol. The standard InChI is InChI=1S/C12H11BrClNS/c1-7-10(6-15)12(14)16-11(7)8-2-4-9(13)5-3-8/h2-5H,6,15H2,1H3. The molecule has 2 rings (SSSR count). The minimum atomic E-state index is 0.498. The third-order valence-electron chi connectivity index (χ3n) is 2.53. The summed E-state index contributed by atoms with van der Waals surface area (Å²) in [5, 5.41) is 0. The summed E-state index contributed by atoms with van der Waals surface area (Å²) in [6.45, 7) is 2.57. The molecule has 0 aliphatic heterocycles. The lowest BCUT2D eigenvalue weighted by Crippen LogP contribution is -1.96. The summed E-state index contributed by atoms with van der Waals surface area (Å²) in [6.07, 6.45) is 0. The van der Waals surface area contributed by atoms with Gasteiger partial charge in [-0.25, -0.2) is 0 Å². The second-order valence-electron chi connectivity index (χ2n) is 3.52. The molecule has 2 aromatic rings. The highest BCUT2D eigenvalue weighted by molar-refractivity contribution is 9.10. The van der Waals surface area contributed by atoms with Crippen LogP contribution in [0.3, 0.4) is 0 Å². The fraction of sp³-hybridized carbons (Fsp3) is 0.167. The zero-order valence-electron chi connectivity index (χ0n) is 8.76. The van der Waals surface area contributed by atoms with E-state index in [1.165, 1.54) is 16.0 Å². The maximum absolute atomic E-state index is 6.16. The smallest absolute Gasteiger partial charge is 0.0982 e. The molecular formula is C12H11BrClNS. The van der Waals surface area contributed by atoms with E-state index in [-0.39, 0.29) is 0 Å². The van der Waals surface area contributed by atoms with Gasteiger partial charge in [-0.15, -0.1) is 11.3 Å². The van der Waals surface area contributed by atoms with Gasteiger partial charge in [0.05, 0.1) is 4.34 Å². The minimum Gasteiger partial charge on any atom is -0.326 e. The van der Waals surface area contributed by atoms with Gasteiger partial charge in [0.15, 0.2) is 0 Å². The molecule has 1 aromatic heterocycles. The van der Waals surface area contributed by atoms with E-state index in [1.54, 1.807) is 11.3 Å². The Morgan fingerprint density at radius 2 is 1.94 bits per heavy atom. The van der Waals surface area contributed by atoms with E-state index >= 15 is 0 Å². The second kappa shape index (κ2) is 4.88. The summed E-state index contributed by atoms with van der Waals surface area (Å²) >= 11 is 11.2. The Kier molecular flexibility index (Phi) is 3.70. The van der Waals surface area contributed by atoms with Crippen LogP contribution in [-0.4, -0.2) is 0 Å². The van der Waals surface area contributed by atoms with E-state index in [0.29, 0.717) is 6.54 Å². The first-order valence-corrected chi connectivity index (χ1v) is 6.86. The summed E-state index contributed by atoms with van der Waals surface area (Å²) in [5.41, 5.74) is 9.12. The molecule has 0 unspecified atom stereocenters. The summed E-state index contributed by atoms with van der Waals surface area (Å²) < 4.78 is 1.88. The van der Waals surface area contributed by atoms with E-state index < -0.39 is 0 Å². The van der Waals surface area contributed by atoms with Gasteiger partial charge in [-0.3, -0.25) is 0 Å². The fourth-order valence-corrected chi connectivity index (χ4v) is 3.41. The SMILES string of the molecule is Cc1c(-c2ccc(Br)cc2)sc(Cl)c1CN. The monoisotopic (exact) mass is 315 g/mol. The average Bonchev–Trinajstić information content (AvgIpc) is 2.55. The van der Waals surface area contributed by atoms with Crippen LogP contribution in [-0.2, 0) is 6.54 Å². The highest BCUT2D eigenvalue weighted by Gasteiger charge is 2.13. The van der Waals surface area contributed by atoms with Crippen molar-refractivity contribution in [2.24, 2.45) is 5.73 Å². The van der Waals surface area contributed by atoms with Crippen molar-refractivity contribution < 1.29 is 0 Å². The molecule has 4 heteroatoms. The molecule has 2 N–H and O–H groups in total. The number of hydrogen-bond donors (Lipinski definition) is 1. The lowest BCUT2D eigenvalue weighted by atomic mass is 10.1. The number of benzene rings is 1. The molecule has 0 bridgehead atoms. The van der Waals surface area contributed by atoms with Gasteiger partial charge in [-0.2, -0.15) is 0 Å². The number of rotatable bonds is 2. The van der Waals surface area contributed by atoms with E-state index in [0.717, 1.165) is 14.4 Å². The van der Waals surface area contributed by atoms with Crippen molar-refractivity contribution in [2.75, 3.05) is 0 Å². The van der Waals surface area contributed by atoms with Crippen LogP contribution in [0.25, 0.3) is 10.4 Å². The van der Waals surface area contributed by atoms with Crippen LogP contribution in [0.2, 0.25) is 4.34 Å². The Balaban J connectivity index is 2.52. The zero-order chi connectivity index (χ0) is 11.7. The molecule has 84 valence electrons. The molecule has 0 aliphatic carbocycles. The molecule has 0 aliphatic rings. The van der Waals surface area contributed by atoms with Gasteiger partial charge in [-0.1, -0.05) is 39.7 Å². The van der Waals surface area contributed by atoms with Crippen molar-refractivity contribution in [3.8, 4) is 10.4 Å². The van der Waals surface area contributed by atoms with Crippen molar-refractivity contribution in [1.29, 1.82) is 0 Å². The molecule has 1 nitrogen and oxygen atoms in total. The molecule has 1 aromatic carbocycles. The highest BCUT2D eigenvalue weighted by atomic mass is 79.9. The number of hydrogen-bond acceptors (Lipinski definition) is 2. The van der Waals surface area contributed by atoms with Gasteiger partial charge in [0, 0.05) is 15.9 Å². The maximum atomic E-state index is 6.16. The van der Waals surface area contributed by atoms with E-state index in [2.05, 4.69) is 35.0 Å². The first-order chi connectivity index (χ1) is 7.63. The fourth-order valence-electron chi connectivity index (χ4n) is 1.62. The molecule has 0 saturated carbocycles.